The Morgan fingerprint density at radius 3 is 1.88 bits per heavy atom. The van der Waals surface area contributed by atoms with Crippen LogP contribution >= 0.6 is 48.8 Å². The Labute approximate surface area is 68.0 Å². The second-order valence-corrected chi connectivity index (χ2v) is 4.34. The Bertz CT molecular complexity index is 130. The van der Waals surface area contributed by atoms with Crippen LogP contribution in [0.25, 0.3) is 0 Å². The smallest absolute Gasteiger partial charge is 0.0828 e. The summed E-state index contributed by atoms with van der Waals surface area (Å²) in [5, 5.41) is 3.82. The van der Waals surface area contributed by atoms with E-state index in [4.69, 9.17) is 25.3 Å². The van der Waals surface area contributed by atoms with Crippen molar-refractivity contribution in [2.45, 2.75) is 0 Å². The van der Waals surface area contributed by atoms with Crippen LogP contribution in [0.4, 0.5) is 0 Å². The van der Waals surface area contributed by atoms with Crippen molar-refractivity contribution in [2.75, 3.05) is 0 Å². The van der Waals surface area contributed by atoms with E-state index in [0.717, 1.165) is 8.47 Å². The Morgan fingerprint density at radius 2 is 1.62 bits per heavy atom. The average molecular weight is 178 g/mol. The standard InChI is InChI=1S/C4H2S4/c5-3-1-7-2-4(6)8-3/h1-2H. The molecule has 1 aliphatic rings. The molecule has 0 aliphatic carbocycles. The van der Waals surface area contributed by atoms with Crippen LogP contribution in [0, 0.1) is 0 Å². The molecule has 1 aliphatic heterocycles. The predicted octanol–water partition coefficient (Wildman–Crippen LogP) is 3.46. The molecule has 0 nitrogen and oxygen atoms in total. The van der Waals surface area contributed by atoms with Crippen molar-refractivity contribution in [3.05, 3.63) is 19.3 Å². The van der Waals surface area contributed by atoms with Gasteiger partial charge in [-0.2, -0.15) is 0 Å². The Kier molecular flexibility index (Phi) is 2.49. The summed E-state index contributed by atoms with van der Waals surface area (Å²) in [6.07, 6.45) is 0. The normalized spacial score (nSPS) is 19.5. The predicted molar refractivity (Wildman–Crippen MR) is 46.5 cm³/mol. The fourth-order valence-electron chi connectivity index (χ4n) is 0.292. The molecule has 0 spiro atoms. The van der Waals surface area contributed by atoms with E-state index in [1.165, 1.54) is 11.8 Å². The molecule has 0 saturated carbocycles. The molecule has 0 saturated heterocycles. The molecular formula is C4H2S4. The summed E-state index contributed by atoms with van der Waals surface area (Å²) in [7, 11) is 0. The summed E-state index contributed by atoms with van der Waals surface area (Å²) in [4.78, 5) is 0. The van der Waals surface area contributed by atoms with Gasteiger partial charge in [0, 0.05) is 10.8 Å². The zero-order valence-electron chi connectivity index (χ0n) is 3.79. The topological polar surface area (TPSA) is 0 Å². The first-order valence-electron chi connectivity index (χ1n) is 1.87. The van der Waals surface area contributed by atoms with Crippen molar-refractivity contribution in [3.8, 4) is 0 Å². The van der Waals surface area contributed by atoms with Gasteiger partial charge in [0.25, 0.3) is 0 Å². The Morgan fingerprint density at radius 1 is 1.12 bits per heavy atom. The maximum atomic E-state index is 4.86. The molecule has 4 heteroatoms. The van der Waals surface area contributed by atoms with Gasteiger partial charge in [-0.1, -0.05) is 37.0 Å². The molecule has 42 valence electrons. The summed E-state index contributed by atoms with van der Waals surface area (Å²) < 4.78 is 1.75. The van der Waals surface area contributed by atoms with E-state index < -0.39 is 0 Å². The van der Waals surface area contributed by atoms with Crippen LogP contribution in [0.1, 0.15) is 0 Å². The average Bonchev–Trinajstić information content (AvgIpc) is 1.64. The highest BCUT2D eigenvalue weighted by atomic mass is 32.2. The SMILES string of the molecule is [S]C1=CSC=C([S])S1. The lowest BCUT2D eigenvalue weighted by molar-refractivity contribution is 2.33. The quantitative estimate of drug-likeness (QED) is 0.557. The summed E-state index contributed by atoms with van der Waals surface area (Å²) in [5.74, 6) is 0. The van der Waals surface area contributed by atoms with Crippen LogP contribution in [0.2, 0.25) is 0 Å². The summed E-state index contributed by atoms with van der Waals surface area (Å²) in [5.41, 5.74) is 0. The number of hydrogen-bond acceptors (Lipinski definition) is 2. The van der Waals surface area contributed by atoms with Crippen molar-refractivity contribution in [1.82, 2.24) is 0 Å². The van der Waals surface area contributed by atoms with E-state index in [0.29, 0.717) is 0 Å². The summed E-state index contributed by atoms with van der Waals surface area (Å²) in [6, 6.07) is 0. The minimum atomic E-state index is 0.877. The first-order chi connectivity index (χ1) is 3.79. The zero-order valence-corrected chi connectivity index (χ0v) is 7.05. The van der Waals surface area contributed by atoms with Gasteiger partial charge < -0.3 is 0 Å². The maximum Gasteiger partial charge on any atom is 0.0828 e. The summed E-state index contributed by atoms with van der Waals surface area (Å²) in [6.45, 7) is 0. The fraction of sp³-hybridized carbons (Fsp3) is 0. The maximum absolute atomic E-state index is 4.86. The fourth-order valence-corrected chi connectivity index (χ4v) is 2.53. The van der Waals surface area contributed by atoms with E-state index in [-0.39, 0.29) is 0 Å². The minimum absolute atomic E-state index is 0.877. The molecular weight excluding hydrogens is 176 g/mol. The molecule has 0 unspecified atom stereocenters. The van der Waals surface area contributed by atoms with Gasteiger partial charge in [0.05, 0.1) is 8.47 Å². The van der Waals surface area contributed by atoms with Crippen molar-refractivity contribution in [1.29, 1.82) is 0 Å². The molecule has 8 heavy (non-hydrogen) atoms. The Balaban J connectivity index is 2.57. The number of thioether (sulfide) groups is 2. The van der Waals surface area contributed by atoms with Crippen LogP contribution in [-0.2, 0) is 0 Å². The molecule has 0 aromatic heterocycles. The number of hydrogen-bond donors (Lipinski definition) is 0. The molecule has 0 N–H and O–H groups in total. The minimum Gasteiger partial charge on any atom is -0.102 e. The highest BCUT2D eigenvalue weighted by Crippen LogP contribution is 2.38. The lowest BCUT2D eigenvalue weighted by Crippen LogP contribution is -1.66. The molecule has 0 fully saturated rings. The van der Waals surface area contributed by atoms with Crippen LogP contribution < -0.4 is 0 Å². The second-order valence-electron chi connectivity index (χ2n) is 1.11. The van der Waals surface area contributed by atoms with Crippen LogP contribution in [-0.4, -0.2) is 0 Å². The van der Waals surface area contributed by atoms with E-state index in [2.05, 4.69) is 0 Å². The monoisotopic (exact) mass is 178 g/mol. The third-order valence-electron chi connectivity index (χ3n) is 0.530. The van der Waals surface area contributed by atoms with Crippen molar-refractivity contribution in [3.63, 3.8) is 0 Å². The zero-order chi connectivity index (χ0) is 5.98. The molecule has 2 radical (unpaired) electrons. The lowest BCUT2D eigenvalue weighted by atomic mass is 11.2. The Hall–Kier alpha value is 0.620. The van der Waals surface area contributed by atoms with E-state index in [1.54, 1.807) is 11.8 Å². The third kappa shape index (κ3) is 1.85. The molecule has 0 amide bonds. The van der Waals surface area contributed by atoms with Crippen LogP contribution in [0.3, 0.4) is 0 Å². The molecule has 1 heterocycles. The van der Waals surface area contributed by atoms with Gasteiger partial charge in [0.15, 0.2) is 0 Å². The lowest BCUT2D eigenvalue weighted by Gasteiger charge is -2.00. The molecule has 0 atom stereocenters. The van der Waals surface area contributed by atoms with Gasteiger partial charge >= 0.3 is 0 Å². The first kappa shape index (κ1) is 6.74. The number of rotatable bonds is 0. The van der Waals surface area contributed by atoms with E-state index >= 15 is 0 Å². The summed E-state index contributed by atoms with van der Waals surface area (Å²) >= 11 is 12.8. The molecule has 0 aromatic carbocycles. The van der Waals surface area contributed by atoms with Crippen molar-refractivity contribution >= 4 is 48.8 Å². The van der Waals surface area contributed by atoms with Crippen molar-refractivity contribution < 1.29 is 0 Å². The first-order valence-corrected chi connectivity index (χ1v) is 4.44. The molecule has 0 bridgehead atoms. The van der Waals surface area contributed by atoms with Gasteiger partial charge in [-0.05, 0) is 0 Å². The van der Waals surface area contributed by atoms with Gasteiger partial charge in [0.1, 0.15) is 0 Å². The van der Waals surface area contributed by atoms with E-state index in [1.807, 2.05) is 10.8 Å². The van der Waals surface area contributed by atoms with Gasteiger partial charge in [-0.3, -0.25) is 0 Å². The van der Waals surface area contributed by atoms with Gasteiger partial charge in [-0.25, -0.2) is 0 Å². The highest BCUT2D eigenvalue weighted by Gasteiger charge is 2.01. The van der Waals surface area contributed by atoms with Crippen LogP contribution in [0.5, 0.6) is 0 Å². The van der Waals surface area contributed by atoms with Crippen molar-refractivity contribution in [2.24, 2.45) is 0 Å². The molecule has 0 aromatic rings. The van der Waals surface area contributed by atoms with Gasteiger partial charge in [0.2, 0.25) is 0 Å². The van der Waals surface area contributed by atoms with Gasteiger partial charge in [-0.15, -0.1) is 11.8 Å². The second kappa shape index (κ2) is 2.96. The highest BCUT2D eigenvalue weighted by molar-refractivity contribution is 8.27. The van der Waals surface area contributed by atoms with E-state index in [9.17, 15) is 0 Å². The van der Waals surface area contributed by atoms with Crippen LogP contribution in [0.15, 0.2) is 19.3 Å². The third-order valence-corrected chi connectivity index (χ3v) is 3.24. The largest absolute Gasteiger partial charge is 0.102 e. The molecule has 1 rings (SSSR count).